The zero-order chi connectivity index (χ0) is 10.6. The number of carbonyl (C=O) groups excluding carboxylic acids is 1. The number of hydrogen-bond donors (Lipinski definition) is 3. The summed E-state index contributed by atoms with van der Waals surface area (Å²) in [7, 11) is 3.07. The lowest BCUT2D eigenvalue weighted by Crippen LogP contribution is -2.11. The van der Waals surface area contributed by atoms with Crippen LogP contribution in [0, 0.1) is 0 Å². The van der Waals surface area contributed by atoms with E-state index in [1.54, 1.807) is 25.2 Å². The number of benzene rings is 1. The molecule has 14 heavy (non-hydrogen) atoms. The minimum Gasteiger partial charge on any atom is -0.453 e. The van der Waals surface area contributed by atoms with Gasteiger partial charge in [0.25, 0.3) is 0 Å². The van der Waals surface area contributed by atoms with E-state index in [4.69, 9.17) is 5.73 Å². The van der Waals surface area contributed by atoms with Gasteiger partial charge >= 0.3 is 6.09 Å². The largest absolute Gasteiger partial charge is 0.453 e. The Morgan fingerprint density at radius 3 is 2.79 bits per heavy atom. The summed E-state index contributed by atoms with van der Waals surface area (Å²) in [6.07, 6.45) is -0.503. The van der Waals surface area contributed by atoms with Crippen LogP contribution in [0.4, 0.5) is 21.9 Å². The van der Waals surface area contributed by atoms with E-state index in [1.807, 2.05) is 0 Å². The fourth-order valence-electron chi connectivity index (χ4n) is 1.02. The molecule has 0 aromatic heterocycles. The van der Waals surface area contributed by atoms with Crippen LogP contribution in [0.5, 0.6) is 0 Å². The van der Waals surface area contributed by atoms with E-state index in [2.05, 4.69) is 15.4 Å². The summed E-state index contributed by atoms with van der Waals surface area (Å²) in [4.78, 5) is 10.9. The third kappa shape index (κ3) is 2.29. The van der Waals surface area contributed by atoms with E-state index in [0.29, 0.717) is 11.4 Å². The maximum absolute atomic E-state index is 10.9. The van der Waals surface area contributed by atoms with Crippen molar-refractivity contribution in [1.82, 2.24) is 0 Å². The molecule has 1 amide bonds. The van der Waals surface area contributed by atoms with Crippen molar-refractivity contribution < 1.29 is 9.53 Å². The quantitative estimate of drug-likeness (QED) is 0.625. The van der Waals surface area contributed by atoms with Crippen LogP contribution in [0.25, 0.3) is 0 Å². The van der Waals surface area contributed by atoms with Crippen molar-refractivity contribution in [3.05, 3.63) is 18.2 Å². The standard InChI is InChI=1S/C9H13N3O2/c1-11-8-5-6(3-4-7(8)10)12-9(13)14-2/h3-5,11H,10H2,1-2H3,(H,12,13). The zero-order valence-electron chi connectivity index (χ0n) is 8.13. The van der Waals surface area contributed by atoms with Crippen LogP contribution in [0.15, 0.2) is 18.2 Å². The van der Waals surface area contributed by atoms with Gasteiger partial charge in [-0.1, -0.05) is 0 Å². The molecule has 0 saturated carbocycles. The Balaban J connectivity index is 2.84. The summed E-state index contributed by atoms with van der Waals surface area (Å²) in [6, 6.07) is 5.14. The van der Waals surface area contributed by atoms with E-state index in [0.717, 1.165) is 5.69 Å². The van der Waals surface area contributed by atoms with Crippen LogP contribution in [0.3, 0.4) is 0 Å². The maximum Gasteiger partial charge on any atom is 0.411 e. The summed E-state index contributed by atoms with van der Waals surface area (Å²) in [5, 5.41) is 5.45. The molecule has 0 saturated heterocycles. The van der Waals surface area contributed by atoms with E-state index in [-0.39, 0.29) is 0 Å². The molecule has 1 rings (SSSR count). The fraction of sp³-hybridized carbons (Fsp3) is 0.222. The summed E-state index contributed by atoms with van der Waals surface area (Å²) < 4.78 is 4.46. The molecular weight excluding hydrogens is 182 g/mol. The molecule has 0 aliphatic rings. The van der Waals surface area contributed by atoms with Gasteiger partial charge in [0.05, 0.1) is 18.5 Å². The Bertz CT molecular complexity index is 339. The molecule has 0 unspecified atom stereocenters. The Hall–Kier alpha value is -1.91. The van der Waals surface area contributed by atoms with Gasteiger partial charge in [0.1, 0.15) is 0 Å². The third-order valence-electron chi connectivity index (χ3n) is 1.75. The van der Waals surface area contributed by atoms with Gasteiger partial charge in [-0.25, -0.2) is 4.79 Å². The highest BCUT2D eigenvalue weighted by molar-refractivity contribution is 5.86. The van der Waals surface area contributed by atoms with Crippen molar-refractivity contribution in [3.8, 4) is 0 Å². The Kier molecular flexibility index (Phi) is 3.17. The zero-order valence-corrected chi connectivity index (χ0v) is 8.13. The summed E-state index contributed by atoms with van der Waals surface area (Å²) in [6.45, 7) is 0. The topological polar surface area (TPSA) is 76.4 Å². The SMILES string of the molecule is CNc1cc(NC(=O)OC)ccc1N. The van der Waals surface area contributed by atoms with Gasteiger partial charge in [-0.15, -0.1) is 0 Å². The highest BCUT2D eigenvalue weighted by Gasteiger charge is 2.02. The number of hydrogen-bond acceptors (Lipinski definition) is 4. The van der Waals surface area contributed by atoms with Crippen LogP contribution in [-0.2, 0) is 4.74 Å². The van der Waals surface area contributed by atoms with Crippen molar-refractivity contribution in [1.29, 1.82) is 0 Å². The van der Waals surface area contributed by atoms with Crippen LogP contribution < -0.4 is 16.4 Å². The van der Waals surface area contributed by atoms with E-state index < -0.39 is 6.09 Å². The van der Waals surface area contributed by atoms with Crippen molar-refractivity contribution in [2.45, 2.75) is 0 Å². The molecule has 4 N–H and O–H groups in total. The van der Waals surface area contributed by atoms with Gasteiger partial charge in [-0.2, -0.15) is 0 Å². The summed E-state index contributed by atoms with van der Waals surface area (Å²) in [5.74, 6) is 0. The Labute approximate surface area is 82.2 Å². The molecule has 76 valence electrons. The fourth-order valence-corrected chi connectivity index (χ4v) is 1.02. The van der Waals surface area contributed by atoms with Gasteiger partial charge in [0.15, 0.2) is 0 Å². The number of ether oxygens (including phenoxy) is 1. The molecule has 0 atom stereocenters. The molecule has 0 aliphatic heterocycles. The van der Waals surface area contributed by atoms with Crippen LogP contribution >= 0.6 is 0 Å². The number of amides is 1. The van der Waals surface area contributed by atoms with Gasteiger partial charge < -0.3 is 15.8 Å². The Morgan fingerprint density at radius 2 is 2.21 bits per heavy atom. The molecule has 5 nitrogen and oxygen atoms in total. The number of nitrogens with two attached hydrogens (primary N) is 1. The van der Waals surface area contributed by atoms with Gasteiger partial charge in [-0.3, -0.25) is 5.32 Å². The molecule has 0 radical (unpaired) electrons. The first-order valence-corrected chi connectivity index (χ1v) is 4.09. The van der Waals surface area contributed by atoms with E-state index in [1.165, 1.54) is 7.11 Å². The average molecular weight is 195 g/mol. The molecule has 0 aliphatic carbocycles. The van der Waals surface area contributed by atoms with Crippen LogP contribution in [-0.4, -0.2) is 20.3 Å². The van der Waals surface area contributed by atoms with Crippen LogP contribution in [0.1, 0.15) is 0 Å². The van der Waals surface area contributed by atoms with Gasteiger partial charge in [0.2, 0.25) is 0 Å². The second-order valence-corrected chi connectivity index (χ2v) is 2.67. The molecule has 1 aromatic carbocycles. The normalized spacial score (nSPS) is 9.29. The van der Waals surface area contributed by atoms with E-state index in [9.17, 15) is 4.79 Å². The lowest BCUT2D eigenvalue weighted by Gasteiger charge is -2.08. The van der Waals surface area contributed by atoms with Gasteiger partial charge in [-0.05, 0) is 18.2 Å². The summed E-state index contributed by atoms with van der Waals surface area (Å²) in [5.41, 5.74) is 7.68. The molecule has 0 spiro atoms. The van der Waals surface area contributed by atoms with E-state index >= 15 is 0 Å². The lowest BCUT2D eigenvalue weighted by molar-refractivity contribution is 0.187. The van der Waals surface area contributed by atoms with Crippen LogP contribution in [0.2, 0.25) is 0 Å². The summed E-state index contributed by atoms with van der Waals surface area (Å²) >= 11 is 0. The van der Waals surface area contributed by atoms with Gasteiger partial charge in [0, 0.05) is 12.7 Å². The monoisotopic (exact) mass is 195 g/mol. The number of methoxy groups -OCH3 is 1. The number of rotatable bonds is 2. The highest BCUT2D eigenvalue weighted by Crippen LogP contribution is 2.22. The minimum absolute atomic E-state index is 0.503. The van der Waals surface area contributed by atoms with Crippen molar-refractivity contribution in [2.24, 2.45) is 0 Å². The number of nitrogen functional groups attached to an aromatic ring is 1. The lowest BCUT2D eigenvalue weighted by atomic mass is 10.2. The number of carbonyl (C=O) groups is 1. The second-order valence-electron chi connectivity index (χ2n) is 2.67. The highest BCUT2D eigenvalue weighted by atomic mass is 16.5. The van der Waals surface area contributed by atoms with Crippen molar-refractivity contribution in [3.63, 3.8) is 0 Å². The molecule has 5 heteroatoms. The molecule has 1 aromatic rings. The molecule has 0 fully saturated rings. The average Bonchev–Trinajstić information content (AvgIpc) is 2.20. The Morgan fingerprint density at radius 1 is 1.50 bits per heavy atom. The van der Waals surface area contributed by atoms with Crippen molar-refractivity contribution in [2.75, 3.05) is 30.5 Å². The minimum atomic E-state index is -0.503. The molecule has 0 heterocycles. The first-order chi connectivity index (χ1) is 6.67. The first kappa shape index (κ1) is 10.2. The predicted octanol–water partition coefficient (Wildman–Crippen LogP) is 1.49. The molecule has 0 bridgehead atoms. The smallest absolute Gasteiger partial charge is 0.411 e. The first-order valence-electron chi connectivity index (χ1n) is 4.09. The maximum atomic E-state index is 10.9. The number of nitrogens with one attached hydrogen (secondary N) is 2. The number of anilines is 3. The molecular formula is C9H13N3O2. The predicted molar refractivity (Wildman–Crippen MR) is 56.4 cm³/mol. The van der Waals surface area contributed by atoms with Crippen molar-refractivity contribution >= 4 is 23.2 Å². The second kappa shape index (κ2) is 4.36. The third-order valence-corrected chi connectivity index (χ3v) is 1.75.